The molecule has 124 valence electrons. The molecular weight excluding hydrogens is 345 g/mol. The van der Waals surface area contributed by atoms with Gasteiger partial charge in [-0.05, 0) is 38.5 Å². The molecule has 2 aromatic heterocycles. The number of aryl methyl sites for hydroxylation is 1. The summed E-state index contributed by atoms with van der Waals surface area (Å²) in [7, 11) is 0. The fourth-order valence-corrected chi connectivity index (χ4v) is 3.24. The molecule has 0 amide bonds. The van der Waals surface area contributed by atoms with Crippen molar-refractivity contribution >= 4 is 34.4 Å². The van der Waals surface area contributed by atoms with Gasteiger partial charge in [-0.1, -0.05) is 36.2 Å². The summed E-state index contributed by atoms with van der Waals surface area (Å²) in [5.41, 5.74) is 3.23. The fourth-order valence-electron chi connectivity index (χ4n) is 2.73. The summed E-state index contributed by atoms with van der Waals surface area (Å²) in [6.07, 6.45) is 2.50. The van der Waals surface area contributed by atoms with E-state index in [4.69, 9.17) is 23.2 Å². The predicted octanol–water partition coefficient (Wildman–Crippen LogP) is 5.04. The van der Waals surface area contributed by atoms with Crippen LogP contribution in [-0.2, 0) is 0 Å². The van der Waals surface area contributed by atoms with Crippen molar-refractivity contribution in [3.8, 4) is 11.1 Å². The summed E-state index contributed by atoms with van der Waals surface area (Å²) in [5, 5.41) is 1.11. The number of hydrogen-bond donors (Lipinski definition) is 0. The first-order valence-electron chi connectivity index (χ1n) is 7.77. The van der Waals surface area contributed by atoms with Gasteiger partial charge in [-0.2, -0.15) is 0 Å². The van der Waals surface area contributed by atoms with Crippen molar-refractivity contribution in [1.29, 1.82) is 0 Å². The van der Waals surface area contributed by atoms with E-state index in [0.29, 0.717) is 26.9 Å². The lowest BCUT2D eigenvalue weighted by atomic mass is 10.1. The average Bonchev–Trinajstić information content (AvgIpc) is 2.55. The Labute approximate surface area is 150 Å². The van der Waals surface area contributed by atoms with Gasteiger partial charge in [0.1, 0.15) is 11.2 Å². The van der Waals surface area contributed by atoms with Crippen LogP contribution in [0.4, 0.5) is 0 Å². The molecule has 0 aliphatic rings. The molecule has 2 heterocycles. The summed E-state index contributed by atoms with van der Waals surface area (Å²) in [4.78, 5) is 21.5. The lowest BCUT2D eigenvalue weighted by Gasteiger charge is -2.17. The topological polar surface area (TPSA) is 47.8 Å². The normalized spacial score (nSPS) is 12.5. The third kappa shape index (κ3) is 2.80. The van der Waals surface area contributed by atoms with Gasteiger partial charge in [0, 0.05) is 33.4 Å². The Morgan fingerprint density at radius 1 is 1.21 bits per heavy atom. The molecule has 0 N–H and O–H groups in total. The summed E-state index contributed by atoms with van der Waals surface area (Å²) in [6.45, 7) is 5.77. The predicted molar refractivity (Wildman–Crippen MR) is 99.0 cm³/mol. The highest BCUT2D eigenvalue weighted by Gasteiger charge is 2.17. The van der Waals surface area contributed by atoms with E-state index in [9.17, 15) is 4.79 Å². The Bertz CT molecular complexity index is 982. The molecule has 0 saturated heterocycles. The SMILES string of the molecule is CC[C@@H](C)n1c(=O)c(C)nc2c(-c3ccc(Cl)cc3Cl)ccnc21. The van der Waals surface area contributed by atoms with Crippen LogP contribution in [0.1, 0.15) is 32.0 Å². The highest BCUT2D eigenvalue weighted by Crippen LogP contribution is 2.33. The number of hydrogen-bond acceptors (Lipinski definition) is 3. The second-order valence-electron chi connectivity index (χ2n) is 5.78. The largest absolute Gasteiger partial charge is 0.287 e. The molecule has 0 saturated carbocycles. The quantitative estimate of drug-likeness (QED) is 0.655. The Hall–Kier alpha value is -1.91. The Kier molecular flexibility index (Phi) is 4.61. The first-order valence-corrected chi connectivity index (χ1v) is 8.53. The number of halogens is 2. The van der Waals surface area contributed by atoms with Crippen LogP contribution in [0.3, 0.4) is 0 Å². The van der Waals surface area contributed by atoms with E-state index < -0.39 is 0 Å². The number of aromatic nitrogens is 3. The van der Waals surface area contributed by atoms with Crippen molar-refractivity contribution in [1.82, 2.24) is 14.5 Å². The van der Waals surface area contributed by atoms with Gasteiger partial charge in [-0.3, -0.25) is 9.36 Å². The second-order valence-corrected chi connectivity index (χ2v) is 6.63. The molecule has 1 atom stereocenters. The third-order valence-electron chi connectivity index (χ3n) is 4.19. The maximum atomic E-state index is 12.6. The molecule has 0 fully saturated rings. The fraction of sp³-hybridized carbons (Fsp3) is 0.278. The van der Waals surface area contributed by atoms with Crippen LogP contribution in [0.5, 0.6) is 0 Å². The molecule has 1 aromatic carbocycles. The zero-order valence-electron chi connectivity index (χ0n) is 13.7. The zero-order valence-corrected chi connectivity index (χ0v) is 15.2. The Balaban J connectivity index is 2.40. The highest BCUT2D eigenvalue weighted by molar-refractivity contribution is 6.36. The molecule has 24 heavy (non-hydrogen) atoms. The van der Waals surface area contributed by atoms with Crippen molar-refractivity contribution in [3.05, 3.63) is 56.6 Å². The second kappa shape index (κ2) is 6.54. The first-order chi connectivity index (χ1) is 11.4. The number of benzene rings is 1. The number of nitrogens with zero attached hydrogens (tertiary/aromatic N) is 3. The van der Waals surface area contributed by atoms with E-state index in [-0.39, 0.29) is 11.6 Å². The molecule has 4 nitrogen and oxygen atoms in total. The van der Waals surface area contributed by atoms with Crippen molar-refractivity contribution < 1.29 is 0 Å². The third-order valence-corrected chi connectivity index (χ3v) is 4.74. The van der Waals surface area contributed by atoms with Crippen molar-refractivity contribution in [2.45, 2.75) is 33.2 Å². The average molecular weight is 362 g/mol. The minimum atomic E-state index is -0.108. The molecule has 0 spiro atoms. The molecule has 3 aromatic rings. The van der Waals surface area contributed by atoms with E-state index in [1.165, 1.54) is 0 Å². The minimum Gasteiger partial charge on any atom is -0.287 e. The van der Waals surface area contributed by atoms with E-state index in [1.54, 1.807) is 29.8 Å². The number of fused-ring (bicyclic) bond motifs is 1. The molecular formula is C18H17Cl2N3O. The minimum absolute atomic E-state index is 0.0325. The molecule has 0 bridgehead atoms. The maximum absolute atomic E-state index is 12.6. The standard InChI is InChI=1S/C18H17Cl2N3O/c1-4-10(2)23-17-16(22-11(3)18(23)24)14(7-8-21-17)13-6-5-12(19)9-15(13)20/h5-10H,4H2,1-3H3/t10-/m1/s1. The summed E-state index contributed by atoms with van der Waals surface area (Å²) >= 11 is 12.4. The van der Waals surface area contributed by atoms with Crippen LogP contribution in [0.25, 0.3) is 22.3 Å². The maximum Gasteiger partial charge on any atom is 0.273 e. The summed E-state index contributed by atoms with van der Waals surface area (Å²) in [5.74, 6) is 0. The number of rotatable bonds is 3. The molecule has 0 radical (unpaired) electrons. The van der Waals surface area contributed by atoms with Crippen molar-refractivity contribution in [2.75, 3.05) is 0 Å². The molecule has 0 aliphatic heterocycles. The highest BCUT2D eigenvalue weighted by atomic mass is 35.5. The zero-order chi connectivity index (χ0) is 17.4. The molecule has 3 rings (SSSR count). The van der Waals surface area contributed by atoms with Crippen LogP contribution >= 0.6 is 23.2 Å². The van der Waals surface area contributed by atoms with Gasteiger partial charge >= 0.3 is 0 Å². The lowest BCUT2D eigenvalue weighted by Crippen LogP contribution is -2.27. The van der Waals surface area contributed by atoms with Gasteiger partial charge < -0.3 is 0 Å². The Morgan fingerprint density at radius 2 is 1.96 bits per heavy atom. The van der Waals surface area contributed by atoms with Gasteiger partial charge in [0.15, 0.2) is 5.65 Å². The Morgan fingerprint density at radius 3 is 2.62 bits per heavy atom. The summed E-state index contributed by atoms with van der Waals surface area (Å²) in [6, 6.07) is 7.23. The van der Waals surface area contributed by atoms with Gasteiger partial charge in [0.05, 0.1) is 0 Å². The number of pyridine rings is 1. The van der Waals surface area contributed by atoms with Gasteiger partial charge in [0.2, 0.25) is 0 Å². The van der Waals surface area contributed by atoms with Crippen LogP contribution in [0, 0.1) is 6.92 Å². The smallest absolute Gasteiger partial charge is 0.273 e. The van der Waals surface area contributed by atoms with Crippen molar-refractivity contribution in [3.63, 3.8) is 0 Å². The summed E-state index contributed by atoms with van der Waals surface area (Å²) < 4.78 is 1.71. The van der Waals surface area contributed by atoms with Gasteiger partial charge in [-0.15, -0.1) is 0 Å². The molecule has 6 heteroatoms. The van der Waals surface area contributed by atoms with E-state index in [1.807, 2.05) is 26.0 Å². The van der Waals surface area contributed by atoms with Crippen molar-refractivity contribution in [2.24, 2.45) is 0 Å². The van der Waals surface area contributed by atoms with Crippen LogP contribution in [0.15, 0.2) is 35.3 Å². The van der Waals surface area contributed by atoms with Crippen LogP contribution < -0.4 is 5.56 Å². The van der Waals surface area contributed by atoms with Gasteiger partial charge in [0.25, 0.3) is 5.56 Å². The monoisotopic (exact) mass is 361 g/mol. The lowest BCUT2D eigenvalue weighted by molar-refractivity contribution is 0.523. The molecule has 0 aliphatic carbocycles. The van der Waals surface area contributed by atoms with Gasteiger partial charge in [-0.25, -0.2) is 9.97 Å². The van der Waals surface area contributed by atoms with Crippen LogP contribution in [-0.4, -0.2) is 14.5 Å². The van der Waals surface area contributed by atoms with E-state index >= 15 is 0 Å². The first kappa shape index (κ1) is 16.9. The molecule has 0 unspecified atom stereocenters. The van der Waals surface area contributed by atoms with Crippen LogP contribution in [0.2, 0.25) is 10.0 Å². The van der Waals surface area contributed by atoms with E-state index in [2.05, 4.69) is 9.97 Å². The van der Waals surface area contributed by atoms with E-state index in [0.717, 1.165) is 17.5 Å².